The van der Waals surface area contributed by atoms with Crippen LogP contribution in [0.15, 0.2) is 24.3 Å². The number of nitrogen functional groups attached to an aromatic ring is 1. The van der Waals surface area contributed by atoms with E-state index in [1.54, 1.807) is 0 Å². The average molecular weight is 221 g/mol. The van der Waals surface area contributed by atoms with Crippen molar-refractivity contribution >= 4 is 12.0 Å². The molecule has 90 valence electrons. The van der Waals surface area contributed by atoms with E-state index >= 15 is 0 Å². The molecule has 2 heteroatoms. The SMILES string of the molecule is CCCC=O.CCCCc1ccccc1N. The molecule has 0 amide bonds. The van der Waals surface area contributed by atoms with Gasteiger partial charge in [0.25, 0.3) is 0 Å². The predicted molar refractivity (Wildman–Crippen MR) is 70.4 cm³/mol. The minimum Gasteiger partial charge on any atom is -0.399 e. The number of carbonyl (C=O) groups is 1. The Balaban J connectivity index is 0.000000385. The topological polar surface area (TPSA) is 43.1 Å². The van der Waals surface area contributed by atoms with Crippen molar-refractivity contribution in [1.82, 2.24) is 0 Å². The molecular weight excluding hydrogens is 198 g/mol. The fourth-order valence-corrected chi connectivity index (χ4v) is 1.25. The van der Waals surface area contributed by atoms with Gasteiger partial charge in [0.15, 0.2) is 0 Å². The Labute approximate surface area is 98.9 Å². The molecule has 2 nitrogen and oxygen atoms in total. The molecule has 0 saturated heterocycles. The second-order valence-electron chi connectivity index (χ2n) is 3.76. The van der Waals surface area contributed by atoms with Crippen molar-refractivity contribution in [2.45, 2.75) is 46.0 Å². The molecule has 0 aliphatic carbocycles. The maximum Gasteiger partial charge on any atom is 0.119 e. The number of anilines is 1. The smallest absolute Gasteiger partial charge is 0.119 e. The summed E-state index contributed by atoms with van der Waals surface area (Å²) in [5.41, 5.74) is 7.98. The molecule has 2 N–H and O–H groups in total. The van der Waals surface area contributed by atoms with E-state index in [4.69, 9.17) is 5.73 Å². The summed E-state index contributed by atoms with van der Waals surface area (Å²) in [5, 5.41) is 0. The van der Waals surface area contributed by atoms with Gasteiger partial charge in [0.1, 0.15) is 6.29 Å². The first kappa shape index (κ1) is 14.7. The van der Waals surface area contributed by atoms with Gasteiger partial charge in [-0.25, -0.2) is 0 Å². The zero-order valence-corrected chi connectivity index (χ0v) is 10.4. The Kier molecular flexibility index (Phi) is 9.38. The Hall–Kier alpha value is -1.31. The van der Waals surface area contributed by atoms with Crippen molar-refractivity contribution in [3.8, 4) is 0 Å². The molecule has 0 aliphatic heterocycles. The number of aryl methyl sites for hydroxylation is 1. The number of para-hydroxylation sites is 1. The molecule has 1 aromatic rings. The van der Waals surface area contributed by atoms with Crippen LogP contribution in [0.5, 0.6) is 0 Å². The van der Waals surface area contributed by atoms with Crippen LogP contribution in [0, 0.1) is 0 Å². The number of nitrogens with two attached hydrogens (primary N) is 1. The van der Waals surface area contributed by atoms with Gasteiger partial charge in [0.2, 0.25) is 0 Å². The summed E-state index contributed by atoms with van der Waals surface area (Å²) in [5.74, 6) is 0. The summed E-state index contributed by atoms with van der Waals surface area (Å²) in [6.45, 7) is 4.17. The molecule has 1 rings (SSSR count). The van der Waals surface area contributed by atoms with Crippen molar-refractivity contribution in [3.63, 3.8) is 0 Å². The fraction of sp³-hybridized carbons (Fsp3) is 0.500. The Morgan fingerprint density at radius 2 is 1.88 bits per heavy atom. The largest absolute Gasteiger partial charge is 0.399 e. The normalized spacial score (nSPS) is 9.12. The van der Waals surface area contributed by atoms with Crippen LogP contribution >= 0.6 is 0 Å². The van der Waals surface area contributed by atoms with Gasteiger partial charge in [-0.2, -0.15) is 0 Å². The number of aldehydes is 1. The van der Waals surface area contributed by atoms with Gasteiger partial charge < -0.3 is 10.5 Å². The third-order valence-corrected chi connectivity index (χ3v) is 2.26. The lowest BCUT2D eigenvalue weighted by molar-refractivity contribution is -0.107. The highest BCUT2D eigenvalue weighted by Gasteiger charge is 1.94. The number of benzene rings is 1. The number of hydrogen-bond acceptors (Lipinski definition) is 2. The van der Waals surface area contributed by atoms with Gasteiger partial charge >= 0.3 is 0 Å². The van der Waals surface area contributed by atoms with Crippen LogP contribution in [-0.2, 0) is 11.2 Å². The molecule has 16 heavy (non-hydrogen) atoms. The highest BCUT2D eigenvalue weighted by Crippen LogP contribution is 2.12. The van der Waals surface area contributed by atoms with Gasteiger partial charge in [-0.3, -0.25) is 0 Å². The van der Waals surface area contributed by atoms with E-state index in [0.29, 0.717) is 6.42 Å². The summed E-state index contributed by atoms with van der Waals surface area (Å²) >= 11 is 0. The first-order chi connectivity index (χ1) is 7.76. The van der Waals surface area contributed by atoms with Crippen molar-refractivity contribution < 1.29 is 4.79 Å². The third kappa shape index (κ3) is 7.04. The summed E-state index contributed by atoms with van der Waals surface area (Å²) in [7, 11) is 0. The third-order valence-electron chi connectivity index (χ3n) is 2.26. The Morgan fingerprint density at radius 3 is 2.31 bits per heavy atom. The maximum absolute atomic E-state index is 9.40. The van der Waals surface area contributed by atoms with E-state index in [0.717, 1.165) is 24.8 Å². The Bertz CT molecular complexity index is 284. The molecule has 1 aromatic carbocycles. The zero-order chi connectivity index (χ0) is 12.2. The van der Waals surface area contributed by atoms with E-state index in [1.807, 2.05) is 25.1 Å². The van der Waals surface area contributed by atoms with Crippen LogP contribution in [0.4, 0.5) is 5.69 Å². The zero-order valence-electron chi connectivity index (χ0n) is 10.4. The average Bonchev–Trinajstić information content (AvgIpc) is 2.30. The molecule has 0 atom stereocenters. The van der Waals surface area contributed by atoms with Gasteiger partial charge in [0.05, 0.1) is 0 Å². The quantitative estimate of drug-likeness (QED) is 0.610. The first-order valence-electron chi connectivity index (χ1n) is 6.03. The molecule has 0 fully saturated rings. The van der Waals surface area contributed by atoms with E-state index in [2.05, 4.69) is 13.0 Å². The molecule has 0 heterocycles. The number of rotatable bonds is 5. The minimum atomic E-state index is 0.708. The number of unbranched alkanes of at least 4 members (excludes halogenated alkanes) is 2. The highest BCUT2D eigenvalue weighted by atomic mass is 16.1. The van der Waals surface area contributed by atoms with Crippen molar-refractivity contribution in [2.24, 2.45) is 0 Å². The molecule has 0 saturated carbocycles. The summed E-state index contributed by atoms with van der Waals surface area (Å²) in [4.78, 5) is 9.40. The predicted octanol–water partition coefficient (Wildman–Crippen LogP) is 3.60. The van der Waals surface area contributed by atoms with Crippen LogP contribution in [0.1, 0.15) is 45.1 Å². The van der Waals surface area contributed by atoms with Crippen LogP contribution in [-0.4, -0.2) is 6.29 Å². The second-order valence-corrected chi connectivity index (χ2v) is 3.76. The van der Waals surface area contributed by atoms with E-state index in [-0.39, 0.29) is 0 Å². The summed E-state index contributed by atoms with van der Waals surface area (Å²) in [6, 6.07) is 8.09. The van der Waals surface area contributed by atoms with Crippen LogP contribution in [0.2, 0.25) is 0 Å². The maximum atomic E-state index is 9.40. The molecule has 0 bridgehead atoms. The standard InChI is InChI=1S/C10H15N.C4H8O/c1-2-3-6-9-7-4-5-8-10(9)11;1-2-3-4-5/h4-5,7-8H,2-3,6,11H2,1H3;4H,2-3H2,1H3. The van der Waals surface area contributed by atoms with Gasteiger partial charge in [-0.15, -0.1) is 0 Å². The first-order valence-corrected chi connectivity index (χ1v) is 6.03. The van der Waals surface area contributed by atoms with Gasteiger partial charge in [-0.1, -0.05) is 38.5 Å². The summed E-state index contributed by atoms with van der Waals surface area (Å²) < 4.78 is 0. The number of carbonyl (C=O) groups excluding carboxylic acids is 1. The molecule has 0 unspecified atom stereocenters. The van der Waals surface area contributed by atoms with Crippen LogP contribution in [0.25, 0.3) is 0 Å². The lowest BCUT2D eigenvalue weighted by Gasteiger charge is -2.02. The number of hydrogen-bond donors (Lipinski definition) is 1. The van der Waals surface area contributed by atoms with Crippen molar-refractivity contribution in [1.29, 1.82) is 0 Å². The fourth-order valence-electron chi connectivity index (χ4n) is 1.25. The van der Waals surface area contributed by atoms with E-state index < -0.39 is 0 Å². The minimum absolute atomic E-state index is 0.708. The lowest BCUT2D eigenvalue weighted by atomic mass is 10.1. The molecule has 0 aliphatic rings. The lowest BCUT2D eigenvalue weighted by Crippen LogP contribution is -1.92. The molecule has 0 radical (unpaired) electrons. The van der Waals surface area contributed by atoms with Crippen LogP contribution < -0.4 is 5.73 Å². The van der Waals surface area contributed by atoms with Gasteiger partial charge in [-0.05, 0) is 30.9 Å². The molecule has 0 spiro atoms. The molecular formula is C14H23NO. The monoisotopic (exact) mass is 221 g/mol. The van der Waals surface area contributed by atoms with Gasteiger partial charge in [0, 0.05) is 12.1 Å². The van der Waals surface area contributed by atoms with Crippen LogP contribution in [0.3, 0.4) is 0 Å². The van der Waals surface area contributed by atoms with E-state index in [1.165, 1.54) is 18.4 Å². The highest BCUT2D eigenvalue weighted by molar-refractivity contribution is 5.48. The van der Waals surface area contributed by atoms with E-state index in [9.17, 15) is 4.79 Å². The second kappa shape index (κ2) is 10.2. The Morgan fingerprint density at radius 1 is 1.19 bits per heavy atom. The van der Waals surface area contributed by atoms with Crippen molar-refractivity contribution in [2.75, 3.05) is 5.73 Å². The van der Waals surface area contributed by atoms with Crippen molar-refractivity contribution in [3.05, 3.63) is 29.8 Å². The summed E-state index contributed by atoms with van der Waals surface area (Å²) in [6.07, 6.45) is 6.19. The molecule has 0 aromatic heterocycles.